The van der Waals surface area contributed by atoms with Crippen molar-refractivity contribution in [3.05, 3.63) is 24.3 Å². The van der Waals surface area contributed by atoms with Crippen molar-refractivity contribution in [1.29, 1.82) is 0 Å². The molecule has 1 aromatic rings. The highest BCUT2D eigenvalue weighted by molar-refractivity contribution is 7.80. The molecule has 0 aromatic heterocycles. The van der Waals surface area contributed by atoms with E-state index >= 15 is 0 Å². The van der Waals surface area contributed by atoms with E-state index in [0.29, 0.717) is 5.11 Å². The van der Waals surface area contributed by atoms with Crippen molar-refractivity contribution in [3.8, 4) is 0 Å². The van der Waals surface area contributed by atoms with Crippen LogP contribution in [0, 0.1) is 0 Å². The number of nitrogens with one attached hydrogen (secondary N) is 1. The van der Waals surface area contributed by atoms with Gasteiger partial charge in [-0.3, -0.25) is 9.69 Å². The van der Waals surface area contributed by atoms with Crippen LogP contribution in [0.3, 0.4) is 0 Å². The first-order chi connectivity index (χ1) is 9.08. The molecule has 102 valence electrons. The van der Waals surface area contributed by atoms with Gasteiger partial charge in [0.15, 0.2) is 5.11 Å². The topological polar surface area (TPSA) is 35.6 Å². The molecule has 19 heavy (non-hydrogen) atoms. The van der Waals surface area contributed by atoms with Crippen LogP contribution in [0.5, 0.6) is 0 Å². The van der Waals surface area contributed by atoms with E-state index in [2.05, 4.69) is 24.1 Å². The summed E-state index contributed by atoms with van der Waals surface area (Å²) < 4.78 is 0. The van der Waals surface area contributed by atoms with Crippen LogP contribution in [-0.2, 0) is 4.79 Å². The standard InChI is InChI=1S/C14H19N3OS/c1-4-16(5-2)11-6-8-12(9-7-11)17-13(18)10(3)15-14(17)19/h6-10H,4-5H2,1-3H3,(H,15,19). The van der Waals surface area contributed by atoms with E-state index in [-0.39, 0.29) is 11.9 Å². The maximum atomic E-state index is 12.0. The molecule has 5 heteroatoms. The Hall–Kier alpha value is -1.62. The first-order valence-electron chi connectivity index (χ1n) is 6.58. The van der Waals surface area contributed by atoms with Gasteiger partial charge in [-0.05, 0) is 57.3 Å². The second-order valence-corrected chi connectivity index (χ2v) is 4.92. The van der Waals surface area contributed by atoms with Gasteiger partial charge in [0.05, 0.1) is 5.69 Å². The lowest BCUT2D eigenvalue weighted by atomic mass is 10.2. The van der Waals surface area contributed by atoms with Gasteiger partial charge in [-0.25, -0.2) is 0 Å². The molecule has 0 bridgehead atoms. The van der Waals surface area contributed by atoms with Crippen LogP contribution in [0.1, 0.15) is 20.8 Å². The summed E-state index contributed by atoms with van der Waals surface area (Å²) in [5.74, 6) is 0.000546. The van der Waals surface area contributed by atoms with E-state index in [1.54, 1.807) is 4.90 Å². The van der Waals surface area contributed by atoms with Gasteiger partial charge in [-0.15, -0.1) is 0 Å². The number of carbonyl (C=O) groups excluding carboxylic acids is 1. The molecule has 1 aliphatic rings. The fourth-order valence-electron chi connectivity index (χ4n) is 2.25. The molecule has 1 unspecified atom stereocenters. The Morgan fingerprint density at radius 3 is 2.26 bits per heavy atom. The van der Waals surface area contributed by atoms with E-state index in [4.69, 9.17) is 12.2 Å². The molecule has 1 saturated heterocycles. The van der Waals surface area contributed by atoms with Gasteiger partial charge in [-0.1, -0.05) is 0 Å². The first-order valence-corrected chi connectivity index (χ1v) is 6.98. The van der Waals surface area contributed by atoms with Crippen LogP contribution in [0.25, 0.3) is 0 Å². The number of thiocarbonyl (C=S) groups is 1. The molecular formula is C14H19N3OS. The third kappa shape index (κ3) is 2.56. The summed E-state index contributed by atoms with van der Waals surface area (Å²) in [6.07, 6.45) is 0. The Morgan fingerprint density at radius 2 is 1.84 bits per heavy atom. The van der Waals surface area contributed by atoms with Crippen LogP contribution < -0.4 is 15.1 Å². The predicted octanol–water partition coefficient (Wildman–Crippen LogP) is 2.14. The molecule has 1 amide bonds. The van der Waals surface area contributed by atoms with Crippen molar-refractivity contribution in [2.24, 2.45) is 0 Å². The van der Waals surface area contributed by atoms with E-state index in [1.165, 1.54) is 0 Å². The number of amides is 1. The summed E-state index contributed by atoms with van der Waals surface area (Å²) in [4.78, 5) is 15.8. The zero-order valence-electron chi connectivity index (χ0n) is 11.5. The SMILES string of the molecule is CCN(CC)c1ccc(N2C(=O)C(C)NC2=S)cc1. The van der Waals surface area contributed by atoms with E-state index in [9.17, 15) is 4.79 Å². The summed E-state index contributed by atoms with van der Waals surface area (Å²) in [5.41, 5.74) is 1.98. The van der Waals surface area contributed by atoms with Gasteiger partial charge in [0.1, 0.15) is 6.04 Å². The summed E-state index contributed by atoms with van der Waals surface area (Å²) in [6.45, 7) is 8.01. The number of benzene rings is 1. The van der Waals surface area contributed by atoms with Crippen LogP contribution >= 0.6 is 12.2 Å². The quantitative estimate of drug-likeness (QED) is 0.855. The minimum atomic E-state index is -0.241. The van der Waals surface area contributed by atoms with Crippen LogP contribution in [0.15, 0.2) is 24.3 Å². The van der Waals surface area contributed by atoms with Crippen LogP contribution in [-0.4, -0.2) is 30.2 Å². The first kappa shape index (κ1) is 13.8. The molecule has 0 spiro atoms. The lowest BCUT2D eigenvalue weighted by Crippen LogP contribution is -2.30. The van der Waals surface area contributed by atoms with E-state index in [0.717, 1.165) is 24.5 Å². The number of anilines is 2. The lowest BCUT2D eigenvalue weighted by molar-refractivity contribution is -0.117. The smallest absolute Gasteiger partial charge is 0.255 e. The van der Waals surface area contributed by atoms with Gasteiger partial charge in [0.25, 0.3) is 5.91 Å². The van der Waals surface area contributed by atoms with Crippen molar-refractivity contribution in [2.75, 3.05) is 22.9 Å². The number of hydrogen-bond donors (Lipinski definition) is 1. The normalized spacial score (nSPS) is 18.7. The van der Waals surface area contributed by atoms with E-state index in [1.807, 2.05) is 31.2 Å². The zero-order chi connectivity index (χ0) is 14.0. The Balaban J connectivity index is 2.23. The van der Waals surface area contributed by atoms with Gasteiger partial charge in [-0.2, -0.15) is 0 Å². The number of rotatable bonds is 4. The Morgan fingerprint density at radius 1 is 1.26 bits per heavy atom. The molecule has 0 aliphatic carbocycles. The number of carbonyl (C=O) groups is 1. The summed E-state index contributed by atoms with van der Waals surface area (Å²) in [5, 5.41) is 3.45. The number of hydrogen-bond acceptors (Lipinski definition) is 3. The average molecular weight is 277 g/mol. The molecule has 2 rings (SSSR count). The fourth-order valence-corrected chi connectivity index (χ4v) is 2.62. The molecule has 1 heterocycles. The van der Waals surface area contributed by atoms with Crippen molar-refractivity contribution in [2.45, 2.75) is 26.8 Å². The summed E-state index contributed by atoms with van der Waals surface area (Å²) >= 11 is 5.19. The zero-order valence-corrected chi connectivity index (χ0v) is 12.3. The van der Waals surface area contributed by atoms with Crippen LogP contribution in [0.2, 0.25) is 0 Å². The van der Waals surface area contributed by atoms with Crippen molar-refractivity contribution >= 4 is 34.6 Å². The van der Waals surface area contributed by atoms with Crippen LogP contribution in [0.4, 0.5) is 11.4 Å². The molecule has 0 radical (unpaired) electrons. The molecular weight excluding hydrogens is 258 g/mol. The Kier molecular flexibility index (Phi) is 4.04. The van der Waals surface area contributed by atoms with Gasteiger partial charge in [0, 0.05) is 18.8 Å². The average Bonchev–Trinajstić information content (AvgIpc) is 2.66. The molecule has 0 saturated carbocycles. The maximum Gasteiger partial charge on any atom is 0.255 e. The monoisotopic (exact) mass is 277 g/mol. The molecule has 1 N–H and O–H groups in total. The molecule has 1 atom stereocenters. The van der Waals surface area contributed by atoms with Gasteiger partial charge >= 0.3 is 0 Å². The molecule has 1 aromatic carbocycles. The Bertz CT molecular complexity index is 482. The van der Waals surface area contributed by atoms with Crippen molar-refractivity contribution in [3.63, 3.8) is 0 Å². The van der Waals surface area contributed by atoms with Gasteiger partial charge in [0.2, 0.25) is 0 Å². The third-order valence-electron chi connectivity index (χ3n) is 3.37. The highest BCUT2D eigenvalue weighted by Crippen LogP contribution is 2.23. The number of nitrogens with zero attached hydrogens (tertiary/aromatic N) is 2. The highest BCUT2D eigenvalue weighted by atomic mass is 32.1. The highest BCUT2D eigenvalue weighted by Gasteiger charge is 2.33. The van der Waals surface area contributed by atoms with Crippen molar-refractivity contribution < 1.29 is 4.79 Å². The van der Waals surface area contributed by atoms with Crippen molar-refractivity contribution in [1.82, 2.24) is 5.32 Å². The maximum absolute atomic E-state index is 12.0. The minimum Gasteiger partial charge on any atom is -0.372 e. The molecule has 4 nitrogen and oxygen atoms in total. The minimum absolute atomic E-state index is 0.000546. The van der Waals surface area contributed by atoms with E-state index < -0.39 is 0 Å². The fraction of sp³-hybridized carbons (Fsp3) is 0.429. The second-order valence-electron chi connectivity index (χ2n) is 4.53. The summed E-state index contributed by atoms with van der Waals surface area (Å²) in [6, 6.07) is 7.70. The molecule has 1 aliphatic heterocycles. The second kappa shape index (κ2) is 5.57. The lowest BCUT2D eigenvalue weighted by Gasteiger charge is -2.22. The third-order valence-corrected chi connectivity index (χ3v) is 3.67. The Labute approximate surface area is 119 Å². The molecule has 1 fully saturated rings. The largest absolute Gasteiger partial charge is 0.372 e. The predicted molar refractivity (Wildman–Crippen MR) is 82.7 cm³/mol. The van der Waals surface area contributed by atoms with Gasteiger partial charge < -0.3 is 10.2 Å². The summed E-state index contributed by atoms with van der Waals surface area (Å²) in [7, 11) is 0.